The standard InChI is InChI=1S/C14H20N4/c15-17-14(16-12-8-9-12)18-10-4-3-6-11-5-1-2-7-13(11)18/h1-2,5,7,12H,3-4,6,8-10,15H2,(H,16,17). The zero-order valence-corrected chi connectivity index (χ0v) is 10.6. The minimum Gasteiger partial charge on any atom is -0.311 e. The van der Waals surface area contributed by atoms with Crippen LogP contribution in [-0.2, 0) is 6.42 Å². The van der Waals surface area contributed by atoms with Gasteiger partial charge >= 0.3 is 0 Å². The van der Waals surface area contributed by atoms with E-state index < -0.39 is 0 Å². The van der Waals surface area contributed by atoms with Crippen LogP contribution in [0.25, 0.3) is 0 Å². The molecule has 2 aliphatic rings. The molecular weight excluding hydrogens is 224 g/mol. The van der Waals surface area contributed by atoms with Crippen LogP contribution < -0.4 is 16.2 Å². The number of rotatable bonds is 1. The Morgan fingerprint density at radius 1 is 1.28 bits per heavy atom. The Hall–Kier alpha value is -1.55. The molecule has 4 nitrogen and oxygen atoms in total. The summed E-state index contributed by atoms with van der Waals surface area (Å²) in [6.07, 6.45) is 5.95. The van der Waals surface area contributed by atoms with E-state index >= 15 is 0 Å². The lowest BCUT2D eigenvalue weighted by Crippen LogP contribution is -2.45. The van der Waals surface area contributed by atoms with E-state index in [1.54, 1.807) is 0 Å². The van der Waals surface area contributed by atoms with E-state index in [0.717, 1.165) is 18.9 Å². The highest BCUT2D eigenvalue weighted by molar-refractivity contribution is 5.96. The van der Waals surface area contributed by atoms with Crippen molar-refractivity contribution in [1.82, 2.24) is 5.43 Å². The van der Waals surface area contributed by atoms with Gasteiger partial charge in [-0.05, 0) is 43.7 Å². The van der Waals surface area contributed by atoms with Gasteiger partial charge in [0.25, 0.3) is 0 Å². The van der Waals surface area contributed by atoms with Gasteiger partial charge < -0.3 is 4.90 Å². The van der Waals surface area contributed by atoms with E-state index in [-0.39, 0.29) is 0 Å². The number of hydrazine groups is 1. The molecule has 1 aliphatic carbocycles. The third-order valence-electron chi connectivity index (χ3n) is 3.60. The van der Waals surface area contributed by atoms with Crippen LogP contribution >= 0.6 is 0 Å². The lowest BCUT2D eigenvalue weighted by molar-refractivity contribution is 0.756. The van der Waals surface area contributed by atoms with Crippen molar-refractivity contribution in [2.45, 2.75) is 38.1 Å². The molecule has 0 unspecified atom stereocenters. The van der Waals surface area contributed by atoms with Crippen LogP contribution in [0.5, 0.6) is 0 Å². The van der Waals surface area contributed by atoms with Crippen LogP contribution in [-0.4, -0.2) is 18.5 Å². The number of hydrogen-bond donors (Lipinski definition) is 2. The summed E-state index contributed by atoms with van der Waals surface area (Å²) in [6, 6.07) is 9.05. The summed E-state index contributed by atoms with van der Waals surface area (Å²) in [7, 11) is 0. The Balaban J connectivity index is 1.94. The number of aliphatic imine (C=N–C) groups is 1. The number of nitrogens with zero attached hydrogens (tertiary/aromatic N) is 2. The minimum absolute atomic E-state index is 0.478. The molecule has 0 spiro atoms. The highest BCUT2D eigenvalue weighted by Crippen LogP contribution is 2.28. The third kappa shape index (κ3) is 2.34. The van der Waals surface area contributed by atoms with Gasteiger partial charge in [0.05, 0.1) is 6.04 Å². The summed E-state index contributed by atoms with van der Waals surface area (Å²) < 4.78 is 0. The zero-order chi connectivity index (χ0) is 12.4. The molecule has 0 bridgehead atoms. The molecule has 18 heavy (non-hydrogen) atoms. The summed E-state index contributed by atoms with van der Waals surface area (Å²) >= 11 is 0. The smallest absolute Gasteiger partial charge is 0.213 e. The number of nitrogens with one attached hydrogen (secondary N) is 1. The maximum absolute atomic E-state index is 5.67. The minimum atomic E-state index is 0.478. The lowest BCUT2D eigenvalue weighted by atomic mass is 10.1. The molecule has 1 fully saturated rings. The van der Waals surface area contributed by atoms with Gasteiger partial charge in [-0.3, -0.25) is 5.43 Å². The number of guanidine groups is 1. The Bertz CT molecular complexity index is 451. The van der Waals surface area contributed by atoms with Gasteiger partial charge in [0, 0.05) is 12.2 Å². The maximum atomic E-state index is 5.67. The molecule has 1 heterocycles. The second-order valence-corrected chi connectivity index (χ2v) is 5.07. The van der Waals surface area contributed by atoms with E-state index in [1.807, 2.05) is 0 Å². The number of hydrogen-bond acceptors (Lipinski definition) is 2. The van der Waals surface area contributed by atoms with Gasteiger partial charge in [0.2, 0.25) is 5.96 Å². The Labute approximate surface area is 108 Å². The molecule has 0 amide bonds. The van der Waals surface area contributed by atoms with Gasteiger partial charge in [-0.2, -0.15) is 0 Å². The van der Waals surface area contributed by atoms with Crippen LogP contribution in [0.15, 0.2) is 29.3 Å². The fourth-order valence-corrected chi connectivity index (χ4v) is 2.47. The molecule has 1 saturated carbocycles. The van der Waals surface area contributed by atoms with Gasteiger partial charge in [0.15, 0.2) is 0 Å². The van der Waals surface area contributed by atoms with Crippen LogP contribution in [0, 0.1) is 0 Å². The monoisotopic (exact) mass is 244 g/mol. The molecule has 3 N–H and O–H groups in total. The van der Waals surface area contributed by atoms with Crippen LogP contribution in [0.3, 0.4) is 0 Å². The Morgan fingerprint density at radius 2 is 2.11 bits per heavy atom. The predicted molar refractivity (Wildman–Crippen MR) is 74.5 cm³/mol. The largest absolute Gasteiger partial charge is 0.311 e. The van der Waals surface area contributed by atoms with Crippen molar-refractivity contribution >= 4 is 11.6 Å². The number of para-hydroxylation sites is 1. The first kappa shape index (κ1) is 11.5. The first-order valence-corrected chi connectivity index (χ1v) is 6.78. The summed E-state index contributed by atoms with van der Waals surface area (Å²) in [5.41, 5.74) is 5.44. The molecule has 1 aliphatic heterocycles. The van der Waals surface area contributed by atoms with Crippen LogP contribution in [0.4, 0.5) is 5.69 Å². The Morgan fingerprint density at radius 3 is 2.89 bits per heavy atom. The normalized spacial score (nSPS) is 20.3. The van der Waals surface area contributed by atoms with Crippen molar-refractivity contribution < 1.29 is 0 Å². The Kier molecular flexibility index (Phi) is 3.19. The average molecular weight is 244 g/mol. The highest BCUT2D eigenvalue weighted by atomic mass is 15.4. The van der Waals surface area contributed by atoms with Crippen LogP contribution in [0.2, 0.25) is 0 Å². The van der Waals surface area contributed by atoms with E-state index in [2.05, 4.69) is 39.6 Å². The number of fused-ring (bicyclic) bond motifs is 1. The fourth-order valence-electron chi connectivity index (χ4n) is 2.47. The predicted octanol–water partition coefficient (Wildman–Crippen LogP) is 1.81. The second kappa shape index (κ2) is 4.98. The maximum Gasteiger partial charge on any atom is 0.213 e. The van der Waals surface area contributed by atoms with Crippen molar-refractivity contribution in [2.75, 3.05) is 11.4 Å². The van der Waals surface area contributed by atoms with Gasteiger partial charge in [-0.15, -0.1) is 0 Å². The van der Waals surface area contributed by atoms with E-state index in [4.69, 9.17) is 5.84 Å². The number of aryl methyl sites for hydroxylation is 1. The number of anilines is 1. The van der Waals surface area contributed by atoms with Crippen LogP contribution in [0.1, 0.15) is 31.2 Å². The molecule has 1 aromatic carbocycles. The molecule has 0 atom stereocenters. The summed E-state index contributed by atoms with van der Waals surface area (Å²) in [5, 5.41) is 0. The molecule has 96 valence electrons. The summed E-state index contributed by atoms with van der Waals surface area (Å²) in [4.78, 5) is 6.91. The van der Waals surface area contributed by atoms with E-state index in [9.17, 15) is 0 Å². The highest BCUT2D eigenvalue weighted by Gasteiger charge is 2.24. The van der Waals surface area contributed by atoms with Crippen molar-refractivity contribution in [3.05, 3.63) is 29.8 Å². The third-order valence-corrected chi connectivity index (χ3v) is 3.60. The fraction of sp³-hybridized carbons (Fsp3) is 0.500. The molecule has 4 heteroatoms. The van der Waals surface area contributed by atoms with E-state index in [0.29, 0.717) is 6.04 Å². The molecule has 0 radical (unpaired) electrons. The van der Waals surface area contributed by atoms with Crippen molar-refractivity contribution in [3.8, 4) is 0 Å². The summed E-state index contributed by atoms with van der Waals surface area (Å²) in [6.45, 7) is 0.993. The topological polar surface area (TPSA) is 53.6 Å². The van der Waals surface area contributed by atoms with E-state index in [1.165, 1.54) is 36.9 Å². The van der Waals surface area contributed by atoms with Gasteiger partial charge in [0.1, 0.15) is 0 Å². The van der Waals surface area contributed by atoms with Crippen molar-refractivity contribution in [3.63, 3.8) is 0 Å². The quantitative estimate of drug-likeness (QED) is 0.343. The molecule has 3 rings (SSSR count). The summed E-state index contributed by atoms with van der Waals surface area (Å²) in [5.74, 6) is 6.49. The lowest BCUT2D eigenvalue weighted by Gasteiger charge is -2.25. The number of nitrogens with two attached hydrogens (primary N) is 1. The molecule has 1 aromatic rings. The molecule has 0 saturated heterocycles. The second-order valence-electron chi connectivity index (χ2n) is 5.07. The van der Waals surface area contributed by atoms with Crippen molar-refractivity contribution in [1.29, 1.82) is 0 Å². The van der Waals surface area contributed by atoms with Gasteiger partial charge in [-0.1, -0.05) is 18.2 Å². The molecule has 0 aromatic heterocycles. The number of benzene rings is 1. The average Bonchev–Trinajstić information content (AvgIpc) is 3.22. The SMILES string of the molecule is NNC(=NC1CC1)N1CCCCc2ccccc21. The van der Waals surface area contributed by atoms with Gasteiger partial charge in [-0.25, -0.2) is 10.8 Å². The zero-order valence-electron chi connectivity index (χ0n) is 10.6. The van der Waals surface area contributed by atoms with Crippen molar-refractivity contribution in [2.24, 2.45) is 10.8 Å². The first-order valence-electron chi connectivity index (χ1n) is 6.78. The molecular formula is C14H20N4. The first-order chi connectivity index (χ1) is 8.88.